The molecule has 0 saturated heterocycles. The highest BCUT2D eigenvalue weighted by Gasteiger charge is 2.15. The molecule has 0 bridgehead atoms. The van der Waals surface area contributed by atoms with Crippen molar-refractivity contribution in [3.8, 4) is 17.6 Å². The first kappa shape index (κ1) is 23.5. The van der Waals surface area contributed by atoms with Gasteiger partial charge in [0.15, 0.2) is 9.84 Å². The van der Waals surface area contributed by atoms with Crippen molar-refractivity contribution in [1.82, 2.24) is 9.13 Å². The first-order valence-corrected chi connectivity index (χ1v) is 13.0. The topological polar surface area (TPSA) is 87.4 Å². The molecule has 4 rings (SSSR count). The maximum Gasteiger partial charge on any atom is 0.332 e. The van der Waals surface area contributed by atoms with Crippen molar-refractivity contribution in [3.63, 3.8) is 0 Å². The van der Waals surface area contributed by atoms with Gasteiger partial charge in [0.2, 0.25) is 0 Å². The van der Waals surface area contributed by atoms with Crippen LogP contribution in [0.15, 0.2) is 69.1 Å². The number of benzene rings is 2. The van der Waals surface area contributed by atoms with Gasteiger partial charge in [-0.1, -0.05) is 36.1 Å². The lowest BCUT2D eigenvalue weighted by Crippen LogP contribution is -2.38. The van der Waals surface area contributed by atoms with Crippen LogP contribution in [0.2, 0.25) is 0 Å². The molecule has 4 aromatic rings. The number of ether oxygens (including phenoxy) is 1. The smallest absolute Gasteiger partial charge is 0.332 e. The minimum Gasteiger partial charge on any atom is -0.497 e. The second kappa shape index (κ2) is 9.33. The molecule has 0 atom stereocenters. The zero-order valence-corrected chi connectivity index (χ0v) is 20.5. The molecule has 34 heavy (non-hydrogen) atoms. The minimum absolute atomic E-state index is 0.0415. The SMILES string of the molecule is COc1ccc(CC#Cc2cc3c(=O)n(Cc4ccc(S(C)(=O)=O)cc4)c(=O)n(C)c3s2)cc1. The van der Waals surface area contributed by atoms with Gasteiger partial charge in [-0.2, -0.15) is 0 Å². The van der Waals surface area contributed by atoms with Gasteiger partial charge in [-0.3, -0.25) is 13.9 Å². The van der Waals surface area contributed by atoms with E-state index in [1.165, 1.54) is 28.0 Å². The molecule has 0 unspecified atom stereocenters. The molecular formula is C25H22N2O5S2. The number of methoxy groups -OCH3 is 1. The van der Waals surface area contributed by atoms with Gasteiger partial charge in [0.05, 0.1) is 28.8 Å². The van der Waals surface area contributed by atoms with E-state index >= 15 is 0 Å². The molecule has 0 amide bonds. The van der Waals surface area contributed by atoms with E-state index in [2.05, 4.69) is 11.8 Å². The van der Waals surface area contributed by atoms with Crippen LogP contribution in [0.5, 0.6) is 5.75 Å². The van der Waals surface area contributed by atoms with Crippen molar-refractivity contribution < 1.29 is 13.2 Å². The maximum atomic E-state index is 13.1. The standard InChI is InChI=1S/C25H22N2O5S2/c1-26-24-22(15-20(33-24)6-4-5-17-7-11-19(32-2)12-8-17)23(28)27(25(26)29)16-18-9-13-21(14-10-18)34(3,30)31/h7-15H,5,16H2,1-3H3. The average Bonchev–Trinajstić information content (AvgIpc) is 3.25. The summed E-state index contributed by atoms with van der Waals surface area (Å²) in [6, 6.07) is 15.5. The summed E-state index contributed by atoms with van der Waals surface area (Å²) < 4.78 is 31.1. The lowest BCUT2D eigenvalue weighted by atomic mass is 10.1. The van der Waals surface area contributed by atoms with Gasteiger partial charge < -0.3 is 4.74 Å². The summed E-state index contributed by atoms with van der Waals surface area (Å²) >= 11 is 1.30. The quantitative estimate of drug-likeness (QED) is 0.398. The Bertz CT molecular complexity index is 1650. The second-order valence-electron chi connectivity index (χ2n) is 7.81. The Balaban J connectivity index is 1.64. The fourth-order valence-corrected chi connectivity index (χ4v) is 5.10. The van der Waals surface area contributed by atoms with E-state index < -0.39 is 21.1 Å². The lowest BCUT2D eigenvalue weighted by molar-refractivity contribution is 0.414. The van der Waals surface area contributed by atoms with E-state index in [9.17, 15) is 18.0 Å². The average molecular weight is 495 g/mol. The van der Waals surface area contributed by atoms with Gasteiger partial charge in [-0.25, -0.2) is 13.2 Å². The number of aryl methyl sites for hydroxylation is 1. The highest BCUT2D eigenvalue weighted by atomic mass is 32.2. The monoisotopic (exact) mass is 494 g/mol. The van der Waals surface area contributed by atoms with Crippen molar-refractivity contribution in [3.05, 3.63) is 91.4 Å². The molecule has 0 radical (unpaired) electrons. The number of fused-ring (bicyclic) bond motifs is 1. The zero-order chi connectivity index (χ0) is 24.5. The van der Waals surface area contributed by atoms with Crippen LogP contribution >= 0.6 is 11.3 Å². The predicted molar refractivity (Wildman–Crippen MR) is 134 cm³/mol. The van der Waals surface area contributed by atoms with E-state index in [1.54, 1.807) is 32.4 Å². The Labute approximate surface area is 200 Å². The van der Waals surface area contributed by atoms with Crippen molar-refractivity contribution in [2.75, 3.05) is 13.4 Å². The third kappa shape index (κ3) is 4.83. The van der Waals surface area contributed by atoms with E-state index in [0.717, 1.165) is 22.1 Å². The Morgan fingerprint density at radius 1 is 1.00 bits per heavy atom. The summed E-state index contributed by atoms with van der Waals surface area (Å²) in [6.45, 7) is 0.0415. The molecule has 174 valence electrons. The van der Waals surface area contributed by atoms with Crippen LogP contribution in [0.1, 0.15) is 16.0 Å². The molecule has 0 aliphatic heterocycles. The molecular weight excluding hydrogens is 472 g/mol. The number of aromatic nitrogens is 2. The van der Waals surface area contributed by atoms with E-state index in [1.807, 2.05) is 24.3 Å². The van der Waals surface area contributed by atoms with Gasteiger partial charge in [0.1, 0.15) is 10.6 Å². The Morgan fingerprint density at radius 3 is 2.26 bits per heavy atom. The van der Waals surface area contributed by atoms with Gasteiger partial charge in [-0.05, 0) is 41.5 Å². The number of rotatable bonds is 5. The summed E-state index contributed by atoms with van der Waals surface area (Å²) in [5.74, 6) is 6.99. The van der Waals surface area contributed by atoms with Gasteiger partial charge in [0, 0.05) is 19.7 Å². The number of hydrogen-bond acceptors (Lipinski definition) is 6. The molecule has 9 heteroatoms. The van der Waals surface area contributed by atoms with Gasteiger partial charge in [-0.15, -0.1) is 11.3 Å². The molecule has 7 nitrogen and oxygen atoms in total. The summed E-state index contributed by atoms with van der Waals surface area (Å²) in [6.07, 6.45) is 1.68. The normalized spacial score (nSPS) is 11.3. The summed E-state index contributed by atoms with van der Waals surface area (Å²) in [5, 5.41) is 0.425. The van der Waals surface area contributed by atoms with E-state index in [4.69, 9.17) is 4.74 Å². The number of thiophene rings is 1. The highest BCUT2D eigenvalue weighted by molar-refractivity contribution is 7.90. The molecule has 2 heterocycles. The van der Waals surface area contributed by atoms with E-state index in [0.29, 0.717) is 27.1 Å². The van der Waals surface area contributed by atoms with Crippen LogP contribution in [-0.4, -0.2) is 30.9 Å². The Morgan fingerprint density at radius 2 is 1.65 bits per heavy atom. The third-order valence-electron chi connectivity index (χ3n) is 5.37. The van der Waals surface area contributed by atoms with Crippen LogP contribution in [0.4, 0.5) is 0 Å². The molecule has 0 saturated carbocycles. The number of hydrogen-bond donors (Lipinski definition) is 0. The van der Waals surface area contributed by atoms with Crippen molar-refractivity contribution in [1.29, 1.82) is 0 Å². The van der Waals surface area contributed by atoms with Crippen LogP contribution in [-0.2, 0) is 29.9 Å². The predicted octanol–water partition coefficient (Wildman–Crippen LogP) is 2.82. The van der Waals surface area contributed by atoms with Crippen molar-refractivity contribution in [2.45, 2.75) is 17.9 Å². The van der Waals surface area contributed by atoms with E-state index in [-0.39, 0.29) is 11.4 Å². The van der Waals surface area contributed by atoms with Gasteiger partial charge in [0.25, 0.3) is 5.56 Å². The Hall–Kier alpha value is -3.61. The second-order valence-corrected chi connectivity index (χ2v) is 10.9. The zero-order valence-electron chi connectivity index (χ0n) is 18.9. The van der Waals surface area contributed by atoms with Crippen LogP contribution in [0, 0.1) is 11.8 Å². The molecule has 0 N–H and O–H groups in total. The molecule has 0 aliphatic rings. The molecule has 0 fully saturated rings. The minimum atomic E-state index is -3.32. The van der Waals surface area contributed by atoms with Crippen LogP contribution < -0.4 is 16.0 Å². The molecule has 0 aliphatic carbocycles. The summed E-state index contributed by atoms with van der Waals surface area (Å²) in [7, 11) is -0.0811. The third-order valence-corrected chi connectivity index (χ3v) is 7.62. The van der Waals surface area contributed by atoms with Crippen molar-refractivity contribution in [2.24, 2.45) is 7.05 Å². The molecule has 2 aromatic heterocycles. The summed E-state index contributed by atoms with van der Waals surface area (Å²) in [5.41, 5.74) is 0.862. The fraction of sp³-hybridized carbons (Fsp3) is 0.200. The number of nitrogens with zero attached hydrogens (tertiary/aromatic N) is 2. The number of sulfone groups is 1. The van der Waals surface area contributed by atoms with Gasteiger partial charge >= 0.3 is 5.69 Å². The highest BCUT2D eigenvalue weighted by Crippen LogP contribution is 2.21. The molecule has 0 spiro atoms. The maximum absolute atomic E-state index is 13.1. The first-order chi connectivity index (χ1) is 16.2. The van der Waals surface area contributed by atoms with Crippen molar-refractivity contribution >= 4 is 31.4 Å². The summed E-state index contributed by atoms with van der Waals surface area (Å²) in [4.78, 5) is 27.4. The fourth-order valence-electron chi connectivity index (χ4n) is 3.49. The Kier molecular flexibility index (Phi) is 6.46. The van der Waals surface area contributed by atoms with Crippen LogP contribution in [0.25, 0.3) is 10.2 Å². The van der Waals surface area contributed by atoms with Crippen LogP contribution in [0.3, 0.4) is 0 Å². The molecule has 2 aromatic carbocycles. The first-order valence-electron chi connectivity index (χ1n) is 10.3. The lowest BCUT2D eigenvalue weighted by Gasteiger charge is -2.09. The largest absolute Gasteiger partial charge is 0.497 e.